The van der Waals surface area contributed by atoms with Crippen molar-refractivity contribution in [2.24, 2.45) is 0 Å². The Hall–Kier alpha value is -4.26. The molecule has 0 aromatic heterocycles. The van der Waals surface area contributed by atoms with E-state index in [9.17, 15) is 14.7 Å². The van der Waals surface area contributed by atoms with Gasteiger partial charge >= 0.3 is 0 Å². The van der Waals surface area contributed by atoms with Crippen molar-refractivity contribution in [1.82, 2.24) is 0 Å². The molecule has 0 bridgehead atoms. The molecule has 1 aliphatic rings. The molecule has 0 spiro atoms. The van der Waals surface area contributed by atoms with Gasteiger partial charge in [0, 0.05) is 17.8 Å². The van der Waals surface area contributed by atoms with Crippen LogP contribution in [0.2, 0.25) is 0 Å². The van der Waals surface area contributed by atoms with E-state index < -0.39 is 17.7 Å². The van der Waals surface area contributed by atoms with Crippen LogP contribution < -0.4 is 19.1 Å². The first-order chi connectivity index (χ1) is 18.9. The third-order valence-electron chi connectivity index (χ3n) is 6.54. The zero-order valence-electron chi connectivity index (χ0n) is 22.9. The van der Waals surface area contributed by atoms with Gasteiger partial charge in [-0.1, -0.05) is 44.2 Å². The minimum atomic E-state index is -0.849. The molecule has 0 aliphatic carbocycles. The highest BCUT2D eigenvalue weighted by Crippen LogP contribution is 2.44. The lowest BCUT2D eigenvalue weighted by atomic mass is 9.94. The Kier molecular flexibility index (Phi) is 8.92. The fraction of sp³-hybridized carbons (Fsp3) is 0.312. The van der Waals surface area contributed by atoms with Gasteiger partial charge in [0.1, 0.15) is 23.0 Å². The second kappa shape index (κ2) is 12.5. The summed E-state index contributed by atoms with van der Waals surface area (Å²) in [6, 6.07) is 19.0. The van der Waals surface area contributed by atoms with E-state index in [0.717, 1.165) is 18.4 Å². The monoisotopic (exact) mass is 529 g/mol. The molecule has 0 radical (unpaired) electrons. The van der Waals surface area contributed by atoms with Gasteiger partial charge in [-0.05, 0) is 62.1 Å². The van der Waals surface area contributed by atoms with Gasteiger partial charge in [0.15, 0.2) is 0 Å². The van der Waals surface area contributed by atoms with Crippen LogP contribution in [0.25, 0.3) is 5.76 Å². The summed E-state index contributed by atoms with van der Waals surface area (Å²) in [7, 11) is 0. The maximum Gasteiger partial charge on any atom is 0.300 e. The quantitative estimate of drug-likeness (QED) is 0.174. The lowest BCUT2D eigenvalue weighted by Gasteiger charge is -2.26. The predicted octanol–water partition coefficient (Wildman–Crippen LogP) is 6.46. The van der Waals surface area contributed by atoms with Crippen molar-refractivity contribution in [3.8, 4) is 17.2 Å². The first-order valence-electron chi connectivity index (χ1n) is 13.5. The number of hydrogen-bond donors (Lipinski definition) is 1. The van der Waals surface area contributed by atoms with E-state index >= 15 is 0 Å². The number of aliphatic hydroxyl groups is 1. The molecule has 39 heavy (non-hydrogen) atoms. The van der Waals surface area contributed by atoms with Gasteiger partial charge in [0.25, 0.3) is 11.7 Å². The van der Waals surface area contributed by atoms with Crippen LogP contribution in [0.15, 0.2) is 72.3 Å². The zero-order chi connectivity index (χ0) is 27.9. The highest BCUT2D eigenvalue weighted by atomic mass is 16.5. The van der Waals surface area contributed by atoms with Crippen LogP contribution in [-0.4, -0.2) is 36.6 Å². The Morgan fingerprint density at radius 1 is 0.846 bits per heavy atom. The van der Waals surface area contributed by atoms with Crippen molar-refractivity contribution < 1.29 is 28.9 Å². The predicted molar refractivity (Wildman–Crippen MR) is 152 cm³/mol. The zero-order valence-corrected chi connectivity index (χ0v) is 22.9. The number of nitrogens with zero attached hydrogens (tertiary/aromatic N) is 1. The minimum Gasteiger partial charge on any atom is -0.507 e. The molecule has 7 heteroatoms. The van der Waals surface area contributed by atoms with Crippen LogP contribution >= 0.6 is 0 Å². The lowest BCUT2D eigenvalue weighted by Crippen LogP contribution is -2.29. The Labute approximate surface area is 229 Å². The largest absolute Gasteiger partial charge is 0.507 e. The molecule has 1 N–H and O–H groups in total. The van der Waals surface area contributed by atoms with Crippen molar-refractivity contribution in [2.45, 2.75) is 46.6 Å². The van der Waals surface area contributed by atoms with Crippen LogP contribution in [0.3, 0.4) is 0 Å². The molecule has 7 nitrogen and oxygen atoms in total. The van der Waals surface area contributed by atoms with E-state index in [4.69, 9.17) is 14.2 Å². The number of aliphatic hydroxyl groups excluding tert-OH is 1. The van der Waals surface area contributed by atoms with Crippen molar-refractivity contribution in [2.75, 3.05) is 24.7 Å². The Morgan fingerprint density at radius 3 is 2.23 bits per heavy atom. The summed E-state index contributed by atoms with van der Waals surface area (Å²) in [5, 5.41) is 11.6. The standard InChI is InChI=1S/C32H35NO6/c1-5-18-39-24-11-9-10-23(19-24)33-29(22-14-12-21(6-2)13-15-22)28(31(35)32(33)36)30(34)26-17-16-25(37-7-3)20-27(26)38-8-4/h9-17,19-20,29,34H,5-8,18H2,1-4H3/b30-28-. The number of benzene rings is 3. The molecule has 1 amide bonds. The van der Waals surface area contributed by atoms with Crippen molar-refractivity contribution >= 4 is 23.1 Å². The summed E-state index contributed by atoms with van der Waals surface area (Å²) in [4.78, 5) is 28.6. The number of anilines is 1. The summed E-state index contributed by atoms with van der Waals surface area (Å²) in [5.74, 6) is -0.256. The van der Waals surface area contributed by atoms with Gasteiger partial charge in [-0.15, -0.1) is 0 Å². The number of ether oxygens (including phenoxy) is 3. The first kappa shape index (κ1) is 27.8. The molecule has 1 heterocycles. The number of aryl methyl sites for hydroxylation is 1. The molecule has 1 aliphatic heterocycles. The van der Waals surface area contributed by atoms with E-state index in [1.807, 2.05) is 51.1 Å². The van der Waals surface area contributed by atoms with E-state index in [0.29, 0.717) is 53.9 Å². The molecule has 1 unspecified atom stereocenters. The van der Waals surface area contributed by atoms with Gasteiger partial charge in [0.05, 0.1) is 37.0 Å². The summed E-state index contributed by atoms with van der Waals surface area (Å²) in [6.07, 6.45) is 1.68. The number of Topliss-reactive ketones (excluding diaryl/α,β-unsaturated/α-hetero) is 1. The summed E-state index contributed by atoms with van der Waals surface area (Å²) >= 11 is 0. The Balaban J connectivity index is 1.90. The Bertz CT molecular complexity index is 1360. The molecule has 204 valence electrons. The molecule has 1 saturated heterocycles. The number of carbonyl (C=O) groups excluding carboxylic acids is 2. The van der Waals surface area contributed by atoms with Crippen LogP contribution in [0.1, 0.15) is 56.8 Å². The SMILES string of the molecule is CCCOc1cccc(N2C(=O)C(=O)/C(=C(\O)c3ccc(OCC)cc3OCC)C2c2ccc(CC)cc2)c1. The van der Waals surface area contributed by atoms with E-state index in [-0.39, 0.29) is 11.3 Å². The summed E-state index contributed by atoms with van der Waals surface area (Å²) in [6.45, 7) is 9.13. The molecule has 4 rings (SSSR count). The maximum atomic E-state index is 13.6. The van der Waals surface area contributed by atoms with Crippen molar-refractivity contribution in [1.29, 1.82) is 0 Å². The fourth-order valence-electron chi connectivity index (χ4n) is 4.67. The Morgan fingerprint density at radius 2 is 1.56 bits per heavy atom. The van der Waals surface area contributed by atoms with Crippen LogP contribution in [-0.2, 0) is 16.0 Å². The molecular formula is C32H35NO6. The number of hydrogen-bond acceptors (Lipinski definition) is 6. The van der Waals surface area contributed by atoms with Gasteiger partial charge in [-0.3, -0.25) is 14.5 Å². The van der Waals surface area contributed by atoms with E-state index in [1.165, 1.54) is 4.90 Å². The minimum absolute atomic E-state index is 0.00533. The average molecular weight is 530 g/mol. The highest BCUT2D eigenvalue weighted by molar-refractivity contribution is 6.51. The van der Waals surface area contributed by atoms with E-state index in [1.54, 1.807) is 36.4 Å². The van der Waals surface area contributed by atoms with Crippen LogP contribution in [0, 0.1) is 0 Å². The average Bonchev–Trinajstić information content (AvgIpc) is 3.22. The summed E-state index contributed by atoms with van der Waals surface area (Å²) < 4.78 is 17.2. The first-order valence-corrected chi connectivity index (χ1v) is 13.5. The molecule has 3 aromatic carbocycles. The molecular weight excluding hydrogens is 494 g/mol. The number of amides is 1. The maximum absolute atomic E-state index is 13.6. The van der Waals surface area contributed by atoms with Gasteiger partial charge in [-0.25, -0.2) is 0 Å². The van der Waals surface area contributed by atoms with Gasteiger partial charge < -0.3 is 19.3 Å². The molecule has 1 fully saturated rings. The molecule has 0 saturated carbocycles. The van der Waals surface area contributed by atoms with Crippen molar-refractivity contribution in [3.63, 3.8) is 0 Å². The lowest BCUT2D eigenvalue weighted by molar-refractivity contribution is -0.132. The smallest absolute Gasteiger partial charge is 0.300 e. The molecule has 1 atom stereocenters. The normalized spacial score (nSPS) is 16.4. The van der Waals surface area contributed by atoms with Crippen LogP contribution in [0.4, 0.5) is 5.69 Å². The number of carbonyl (C=O) groups is 2. The third-order valence-corrected chi connectivity index (χ3v) is 6.54. The highest BCUT2D eigenvalue weighted by Gasteiger charge is 2.47. The molecule has 3 aromatic rings. The number of rotatable bonds is 11. The third kappa shape index (κ3) is 5.77. The van der Waals surface area contributed by atoms with E-state index in [2.05, 4.69) is 6.92 Å². The van der Waals surface area contributed by atoms with Crippen molar-refractivity contribution in [3.05, 3.63) is 89.0 Å². The van der Waals surface area contributed by atoms with Gasteiger partial charge in [-0.2, -0.15) is 0 Å². The second-order valence-corrected chi connectivity index (χ2v) is 9.13. The summed E-state index contributed by atoms with van der Waals surface area (Å²) in [5.41, 5.74) is 2.64. The van der Waals surface area contributed by atoms with Crippen LogP contribution in [0.5, 0.6) is 17.2 Å². The topological polar surface area (TPSA) is 85.3 Å². The second-order valence-electron chi connectivity index (χ2n) is 9.13. The van der Waals surface area contributed by atoms with Gasteiger partial charge in [0.2, 0.25) is 0 Å². The number of ketones is 1. The fourth-order valence-corrected chi connectivity index (χ4v) is 4.67.